The van der Waals surface area contributed by atoms with Gasteiger partial charge in [0.05, 0.1) is 29.4 Å². The number of piperidine rings is 1. The van der Waals surface area contributed by atoms with Crippen molar-refractivity contribution in [2.45, 2.75) is 51.6 Å². The summed E-state index contributed by atoms with van der Waals surface area (Å²) in [6, 6.07) is 12.7. The van der Waals surface area contributed by atoms with Gasteiger partial charge in [0.1, 0.15) is 0 Å². The predicted octanol–water partition coefficient (Wildman–Crippen LogP) is 5.37. The highest BCUT2D eigenvalue weighted by molar-refractivity contribution is 6.30. The number of carbonyl (C=O) groups excluding carboxylic acids is 1. The number of aryl methyl sites for hydroxylation is 1. The fraction of sp³-hybridized carbons (Fsp3) is 0.407. The number of aromatic nitrogens is 2. The molecule has 172 valence electrons. The Labute approximate surface area is 200 Å². The third kappa shape index (κ3) is 4.44. The standard InChI is InChI=1S/C27H31ClN4O/c1-18-15-22(28)7-8-23(18)19(2)32-17-30-24-9-6-21(16-26(24)32)20-10-13-31(14-11-20)27(33)25-5-3-4-12-29-25/h6-10,15-17,19,25,29H,3-5,11-14H2,1-2H3/t19?,25-/m1/s1. The molecule has 3 aromatic rings. The van der Waals surface area contributed by atoms with Crippen molar-refractivity contribution in [3.8, 4) is 0 Å². The van der Waals surface area contributed by atoms with Crippen molar-refractivity contribution in [2.75, 3.05) is 19.6 Å². The van der Waals surface area contributed by atoms with Crippen LogP contribution < -0.4 is 5.32 Å². The first-order valence-electron chi connectivity index (χ1n) is 12.0. The van der Waals surface area contributed by atoms with E-state index in [1.54, 1.807) is 0 Å². The summed E-state index contributed by atoms with van der Waals surface area (Å²) in [7, 11) is 0. The molecule has 2 aromatic carbocycles. The molecule has 33 heavy (non-hydrogen) atoms. The Morgan fingerprint density at radius 1 is 1.21 bits per heavy atom. The minimum atomic E-state index is -0.00258. The molecule has 2 aliphatic rings. The zero-order valence-corrected chi connectivity index (χ0v) is 20.1. The predicted molar refractivity (Wildman–Crippen MR) is 135 cm³/mol. The summed E-state index contributed by atoms with van der Waals surface area (Å²) in [4.78, 5) is 19.5. The molecule has 1 unspecified atom stereocenters. The molecule has 3 heterocycles. The van der Waals surface area contributed by atoms with Crippen LogP contribution in [0.25, 0.3) is 16.6 Å². The lowest BCUT2D eigenvalue weighted by Crippen LogP contribution is -2.49. The fourth-order valence-electron chi connectivity index (χ4n) is 5.21. The Morgan fingerprint density at radius 3 is 2.82 bits per heavy atom. The number of rotatable bonds is 4. The Balaban J connectivity index is 1.37. The van der Waals surface area contributed by atoms with Gasteiger partial charge in [0.2, 0.25) is 5.91 Å². The highest BCUT2D eigenvalue weighted by Gasteiger charge is 2.27. The first-order valence-corrected chi connectivity index (χ1v) is 12.3. The van der Waals surface area contributed by atoms with Crippen molar-refractivity contribution in [3.05, 3.63) is 70.5 Å². The third-order valence-corrected chi connectivity index (χ3v) is 7.41. The maximum atomic E-state index is 12.9. The number of carbonyl (C=O) groups is 1. The van der Waals surface area contributed by atoms with Crippen LogP contribution in [0.4, 0.5) is 0 Å². The number of halogens is 1. The van der Waals surface area contributed by atoms with Gasteiger partial charge in [-0.25, -0.2) is 4.98 Å². The molecule has 2 atom stereocenters. The molecule has 5 rings (SSSR count). The highest BCUT2D eigenvalue weighted by Crippen LogP contribution is 2.30. The second kappa shape index (κ2) is 9.32. The normalized spacial score (nSPS) is 20.0. The van der Waals surface area contributed by atoms with Crippen LogP contribution in [0.1, 0.15) is 55.3 Å². The summed E-state index contributed by atoms with van der Waals surface area (Å²) < 4.78 is 2.24. The van der Waals surface area contributed by atoms with E-state index in [1.807, 2.05) is 23.4 Å². The van der Waals surface area contributed by atoms with E-state index in [9.17, 15) is 4.79 Å². The summed E-state index contributed by atoms with van der Waals surface area (Å²) in [5.74, 6) is 0.255. The van der Waals surface area contributed by atoms with Gasteiger partial charge in [0.15, 0.2) is 0 Å². The molecular formula is C27H31ClN4O. The maximum Gasteiger partial charge on any atom is 0.239 e. The van der Waals surface area contributed by atoms with Crippen LogP contribution in [-0.2, 0) is 4.79 Å². The first-order chi connectivity index (χ1) is 16.0. The average molecular weight is 463 g/mol. The van der Waals surface area contributed by atoms with Crippen LogP contribution in [0.5, 0.6) is 0 Å². The largest absolute Gasteiger partial charge is 0.337 e. The molecule has 2 aliphatic heterocycles. The van der Waals surface area contributed by atoms with E-state index in [2.05, 4.69) is 59.1 Å². The molecule has 0 bridgehead atoms. The van der Waals surface area contributed by atoms with E-state index < -0.39 is 0 Å². The molecule has 0 saturated carbocycles. The number of amides is 1. The van der Waals surface area contributed by atoms with Gasteiger partial charge in [-0.3, -0.25) is 4.79 Å². The molecule has 6 heteroatoms. The average Bonchev–Trinajstić information content (AvgIpc) is 3.27. The summed E-state index contributed by atoms with van der Waals surface area (Å²) in [6.45, 7) is 6.72. The van der Waals surface area contributed by atoms with E-state index in [0.29, 0.717) is 6.54 Å². The van der Waals surface area contributed by atoms with Crippen LogP contribution in [-0.4, -0.2) is 46.0 Å². The minimum Gasteiger partial charge on any atom is -0.337 e. The van der Waals surface area contributed by atoms with Crippen LogP contribution >= 0.6 is 11.6 Å². The van der Waals surface area contributed by atoms with Gasteiger partial charge in [-0.05, 0) is 86.2 Å². The lowest BCUT2D eigenvalue weighted by molar-refractivity contribution is -0.133. The lowest BCUT2D eigenvalue weighted by Gasteiger charge is -2.32. The van der Waals surface area contributed by atoms with E-state index >= 15 is 0 Å². The number of benzene rings is 2. The van der Waals surface area contributed by atoms with E-state index in [4.69, 9.17) is 11.6 Å². The van der Waals surface area contributed by atoms with Crippen molar-refractivity contribution in [3.63, 3.8) is 0 Å². The summed E-state index contributed by atoms with van der Waals surface area (Å²) in [5, 5.41) is 4.15. The molecule has 0 radical (unpaired) electrons. The van der Waals surface area contributed by atoms with Crippen LogP contribution in [0, 0.1) is 6.92 Å². The van der Waals surface area contributed by atoms with Gasteiger partial charge in [0.25, 0.3) is 0 Å². The Kier molecular flexibility index (Phi) is 6.26. The number of imidazole rings is 1. The zero-order valence-electron chi connectivity index (χ0n) is 19.4. The smallest absolute Gasteiger partial charge is 0.239 e. The summed E-state index contributed by atoms with van der Waals surface area (Å²) in [6.07, 6.45) is 8.30. The Hall–Kier alpha value is -2.63. The third-order valence-electron chi connectivity index (χ3n) is 7.17. The van der Waals surface area contributed by atoms with Crippen LogP contribution in [0.3, 0.4) is 0 Å². The lowest BCUT2D eigenvalue weighted by atomic mass is 9.97. The molecule has 1 aromatic heterocycles. The molecule has 1 amide bonds. The van der Waals surface area contributed by atoms with Crippen molar-refractivity contribution in [1.82, 2.24) is 19.8 Å². The molecule has 0 spiro atoms. The molecule has 5 nitrogen and oxygen atoms in total. The van der Waals surface area contributed by atoms with Crippen molar-refractivity contribution < 1.29 is 4.79 Å². The quantitative estimate of drug-likeness (QED) is 0.567. The number of hydrogen-bond donors (Lipinski definition) is 1. The van der Waals surface area contributed by atoms with Gasteiger partial charge in [-0.2, -0.15) is 0 Å². The van der Waals surface area contributed by atoms with Gasteiger partial charge in [-0.1, -0.05) is 36.2 Å². The topological polar surface area (TPSA) is 50.2 Å². The van der Waals surface area contributed by atoms with Crippen molar-refractivity contribution in [1.29, 1.82) is 0 Å². The van der Waals surface area contributed by atoms with Gasteiger partial charge in [-0.15, -0.1) is 0 Å². The van der Waals surface area contributed by atoms with Crippen LogP contribution in [0.15, 0.2) is 48.8 Å². The monoisotopic (exact) mass is 462 g/mol. The zero-order chi connectivity index (χ0) is 22.9. The van der Waals surface area contributed by atoms with Crippen LogP contribution in [0.2, 0.25) is 5.02 Å². The number of fused-ring (bicyclic) bond motifs is 1. The number of nitrogens with one attached hydrogen (secondary N) is 1. The van der Waals surface area contributed by atoms with Gasteiger partial charge < -0.3 is 14.8 Å². The first kappa shape index (κ1) is 22.2. The fourth-order valence-corrected chi connectivity index (χ4v) is 5.43. The second-order valence-electron chi connectivity index (χ2n) is 9.30. The maximum absolute atomic E-state index is 12.9. The molecule has 1 N–H and O–H groups in total. The Bertz CT molecular complexity index is 1210. The van der Waals surface area contributed by atoms with Crippen molar-refractivity contribution in [2.24, 2.45) is 0 Å². The SMILES string of the molecule is Cc1cc(Cl)ccc1C(C)n1cnc2ccc(C3=CCN(C(=O)[C@H]4CCCCN4)CC3)cc21. The Morgan fingerprint density at radius 2 is 2.09 bits per heavy atom. The summed E-state index contributed by atoms with van der Waals surface area (Å²) >= 11 is 6.17. The van der Waals surface area contributed by atoms with E-state index in [1.165, 1.54) is 28.7 Å². The summed E-state index contributed by atoms with van der Waals surface area (Å²) in [5.41, 5.74) is 7.06. The van der Waals surface area contributed by atoms with E-state index in [-0.39, 0.29) is 18.0 Å². The van der Waals surface area contributed by atoms with Crippen molar-refractivity contribution >= 4 is 34.1 Å². The molecule has 1 fully saturated rings. The number of nitrogens with zero attached hydrogens (tertiary/aromatic N) is 3. The van der Waals surface area contributed by atoms with Gasteiger partial charge in [0, 0.05) is 18.1 Å². The van der Waals surface area contributed by atoms with E-state index in [0.717, 1.165) is 48.4 Å². The molecule has 0 aliphatic carbocycles. The highest BCUT2D eigenvalue weighted by atomic mass is 35.5. The second-order valence-corrected chi connectivity index (χ2v) is 9.73. The van der Waals surface area contributed by atoms with Gasteiger partial charge >= 0.3 is 0 Å². The number of hydrogen-bond acceptors (Lipinski definition) is 3. The molecule has 1 saturated heterocycles. The molecular weight excluding hydrogens is 432 g/mol. The minimum absolute atomic E-state index is 0.00258.